The zero-order chi connectivity index (χ0) is 11.8. The van der Waals surface area contributed by atoms with Gasteiger partial charge in [0.15, 0.2) is 0 Å². The molecule has 0 saturated heterocycles. The molecule has 1 unspecified atom stereocenters. The van der Waals surface area contributed by atoms with E-state index in [4.69, 9.17) is 0 Å². The summed E-state index contributed by atoms with van der Waals surface area (Å²) in [7, 11) is 0. The van der Waals surface area contributed by atoms with Crippen LogP contribution in [0, 0.1) is 0 Å². The van der Waals surface area contributed by atoms with Crippen LogP contribution >= 0.6 is 0 Å². The Kier molecular flexibility index (Phi) is 2.30. The van der Waals surface area contributed by atoms with Crippen LogP contribution in [0.25, 0.3) is 11.9 Å². The van der Waals surface area contributed by atoms with Gasteiger partial charge >= 0.3 is 0 Å². The number of hydrogen-bond acceptors (Lipinski definition) is 1. The third-order valence-electron chi connectivity index (χ3n) is 3.09. The van der Waals surface area contributed by atoms with Crippen molar-refractivity contribution in [1.82, 2.24) is 0 Å². The Balaban J connectivity index is 2.32. The Morgan fingerprint density at radius 2 is 1.53 bits per heavy atom. The summed E-state index contributed by atoms with van der Waals surface area (Å²) in [6.45, 7) is 0. The first-order valence-electron chi connectivity index (χ1n) is 5.51. The Morgan fingerprint density at radius 1 is 0.882 bits per heavy atom. The van der Waals surface area contributed by atoms with Crippen LogP contribution in [0.1, 0.15) is 28.4 Å². The van der Waals surface area contributed by atoms with Crippen LogP contribution < -0.4 is 0 Å². The Labute approximate surface area is 98.8 Å². The molecule has 2 aromatic rings. The summed E-state index contributed by atoms with van der Waals surface area (Å²) in [5, 5.41) is 10.3. The standard InChI is InChI=1S/C15H11FO/c16-14-9-10-5-1-2-6-11(10)15(17)13-8-4-3-7-12(13)14/h1-9,15,17H. The van der Waals surface area contributed by atoms with Gasteiger partial charge < -0.3 is 5.11 Å². The van der Waals surface area contributed by atoms with Gasteiger partial charge in [-0.3, -0.25) is 0 Å². The van der Waals surface area contributed by atoms with E-state index in [1.807, 2.05) is 30.3 Å². The summed E-state index contributed by atoms with van der Waals surface area (Å²) in [5.41, 5.74) is 2.56. The van der Waals surface area contributed by atoms with E-state index in [1.54, 1.807) is 18.2 Å². The Morgan fingerprint density at radius 3 is 2.35 bits per heavy atom. The fourth-order valence-electron chi connectivity index (χ4n) is 2.23. The van der Waals surface area contributed by atoms with Gasteiger partial charge in [-0.05, 0) is 22.8 Å². The maximum Gasteiger partial charge on any atom is 0.131 e. The van der Waals surface area contributed by atoms with Crippen molar-refractivity contribution in [2.75, 3.05) is 0 Å². The lowest BCUT2D eigenvalue weighted by molar-refractivity contribution is 0.220. The van der Waals surface area contributed by atoms with Crippen LogP contribution in [0.2, 0.25) is 0 Å². The molecule has 0 saturated carbocycles. The second-order valence-corrected chi connectivity index (χ2v) is 4.11. The average Bonchev–Trinajstić information content (AvgIpc) is 2.48. The van der Waals surface area contributed by atoms with Gasteiger partial charge in [-0.2, -0.15) is 0 Å². The van der Waals surface area contributed by atoms with E-state index in [-0.39, 0.29) is 5.83 Å². The topological polar surface area (TPSA) is 20.2 Å². The largest absolute Gasteiger partial charge is 0.384 e. The molecule has 0 aromatic heterocycles. The molecule has 0 aliphatic heterocycles. The quantitative estimate of drug-likeness (QED) is 0.728. The monoisotopic (exact) mass is 226 g/mol. The van der Waals surface area contributed by atoms with Gasteiger partial charge in [0.2, 0.25) is 0 Å². The summed E-state index contributed by atoms with van der Waals surface area (Å²) in [4.78, 5) is 0. The minimum atomic E-state index is -0.771. The predicted molar refractivity (Wildman–Crippen MR) is 65.9 cm³/mol. The molecule has 0 spiro atoms. The summed E-state index contributed by atoms with van der Waals surface area (Å²) in [5.74, 6) is -0.301. The molecule has 0 amide bonds. The maximum absolute atomic E-state index is 14.0. The molecule has 1 N–H and O–H groups in total. The fourth-order valence-corrected chi connectivity index (χ4v) is 2.23. The van der Waals surface area contributed by atoms with Crippen molar-refractivity contribution in [2.24, 2.45) is 0 Å². The molecule has 2 heteroatoms. The summed E-state index contributed by atoms with van der Waals surface area (Å²) >= 11 is 0. The van der Waals surface area contributed by atoms with Crippen molar-refractivity contribution >= 4 is 11.9 Å². The number of benzene rings is 2. The van der Waals surface area contributed by atoms with Crippen molar-refractivity contribution in [1.29, 1.82) is 0 Å². The smallest absolute Gasteiger partial charge is 0.131 e. The lowest BCUT2D eigenvalue weighted by atomic mass is 9.97. The van der Waals surface area contributed by atoms with Crippen LogP contribution in [-0.2, 0) is 0 Å². The lowest BCUT2D eigenvalue weighted by Crippen LogP contribution is -2.02. The van der Waals surface area contributed by atoms with Crippen molar-refractivity contribution in [2.45, 2.75) is 6.10 Å². The van der Waals surface area contributed by atoms with Crippen LogP contribution in [0.15, 0.2) is 48.5 Å². The lowest BCUT2D eigenvalue weighted by Gasteiger charge is -2.13. The number of aliphatic hydroxyl groups excluding tert-OH is 1. The second-order valence-electron chi connectivity index (χ2n) is 4.11. The zero-order valence-corrected chi connectivity index (χ0v) is 9.10. The van der Waals surface area contributed by atoms with E-state index in [9.17, 15) is 9.50 Å². The highest BCUT2D eigenvalue weighted by Crippen LogP contribution is 2.36. The molecule has 1 aliphatic rings. The molecular formula is C15H11FO. The van der Waals surface area contributed by atoms with E-state index in [0.29, 0.717) is 11.1 Å². The molecule has 84 valence electrons. The molecule has 0 fully saturated rings. The average molecular weight is 226 g/mol. The van der Waals surface area contributed by atoms with Crippen LogP contribution in [0.5, 0.6) is 0 Å². The number of aliphatic hydroxyl groups is 1. The van der Waals surface area contributed by atoms with Gasteiger partial charge in [-0.1, -0.05) is 48.5 Å². The van der Waals surface area contributed by atoms with E-state index < -0.39 is 6.10 Å². The zero-order valence-electron chi connectivity index (χ0n) is 9.10. The Hall–Kier alpha value is -1.93. The molecule has 0 radical (unpaired) electrons. The molecule has 0 heterocycles. The minimum absolute atomic E-state index is 0.301. The van der Waals surface area contributed by atoms with E-state index in [2.05, 4.69) is 0 Å². The molecule has 3 rings (SSSR count). The van der Waals surface area contributed by atoms with Gasteiger partial charge in [-0.25, -0.2) is 4.39 Å². The normalized spacial score (nSPS) is 17.8. The summed E-state index contributed by atoms with van der Waals surface area (Å²) in [6, 6.07) is 14.4. The van der Waals surface area contributed by atoms with E-state index >= 15 is 0 Å². The highest BCUT2D eigenvalue weighted by atomic mass is 19.1. The number of fused-ring (bicyclic) bond motifs is 2. The second kappa shape index (κ2) is 3.82. The van der Waals surface area contributed by atoms with Gasteiger partial charge in [0.1, 0.15) is 11.9 Å². The predicted octanol–water partition coefficient (Wildman–Crippen LogP) is 3.55. The maximum atomic E-state index is 14.0. The SMILES string of the molecule is OC1c2ccccc2C=C(F)c2ccccc21. The summed E-state index contributed by atoms with van der Waals surface area (Å²) < 4.78 is 14.0. The fraction of sp³-hybridized carbons (Fsp3) is 0.0667. The molecule has 2 aromatic carbocycles. The van der Waals surface area contributed by atoms with Crippen LogP contribution in [0.3, 0.4) is 0 Å². The molecule has 1 atom stereocenters. The van der Waals surface area contributed by atoms with Gasteiger partial charge in [0, 0.05) is 5.56 Å². The number of halogens is 1. The molecule has 1 nitrogen and oxygen atoms in total. The van der Waals surface area contributed by atoms with Crippen molar-refractivity contribution in [3.8, 4) is 0 Å². The first-order valence-corrected chi connectivity index (χ1v) is 5.51. The molecule has 1 aliphatic carbocycles. The van der Waals surface area contributed by atoms with Crippen LogP contribution in [0.4, 0.5) is 4.39 Å². The molecular weight excluding hydrogens is 215 g/mol. The van der Waals surface area contributed by atoms with Crippen molar-refractivity contribution in [3.63, 3.8) is 0 Å². The highest BCUT2D eigenvalue weighted by Gasteiger charge is 2.21. The van der Waals surface area contributed by atoms with Gasteiger partial charge in [-0.15, -0.1) is 0 Å². The first kappa shape index (κ1) is 10.2. The summed E-state index contributed by atoms with van der Waals surface area (Å²) in [6.07, 6.45) is 0.705. The highest BCUT2D eigenvalue weighted by molar-refractivity contribution is 5.81. The first-order chi connectivity index (χ1) is 8.27. The minimum Gasteiger partial charge on any atom is -0.384 e. The number of hydrogen-bond donors (Lipinski definition) is 1. The van der Waals surface area contributed by atoms with Crippen molar-refractivity contribution < 1.29 is 9.50 Å². The van der Waals surface area contributed by atoms with Gasteiger partial charge in [0.25, 0.3) is 0 Å². The third-order valence-corrected chi connectivity index (χ3v) is 3.09. The third kappa shape index (κ3) is 1.58. The molecule has 17 heavy (non-hydrogen) atoms. The molecule has 0 bridgehead atoms. The van der Waals surface area contributed by atoms with E-state index in [1.165, 1.54) is 6.08 Å². The van der Waals surface area contributed by atoms with Crippen molar-refractivity contribution in [3.05, 3.63) is 70.8 Å². The number of rotatable bonds is 0. The van der Waals surface area contributed by atoms with Gasteiger partial charge in [0.05, 0.1) is 0 Å². The van der Waals surface area contributed by atoms with E-state index in [0.717, 1.165) is 11.1 Å². The van der Waals surface area contributed by atoms with Crippen LogP contribution in [-0.4, -0.2) is 5.11 Å². The Bertz CT molecular complexity index is 601.